The van der Waals surface area contributed by atoms with Gasteiger partial charge in [0.15, 0.2) is 0 Å². The van der Waals surface area contributed by atoms with Gasteiger partial charge in [0.2, 0.25) is 0 Å². The van der Waals surface area contributed by atoms with E-state index in [2.05, 4.69) is 19.1 Å². The number of aryl methyl sites for hydroxylation is 1. The third kappa shape index (κ3) is 2.13. The Hall–Kier alpha value is -1.47. The SMILES string of the molecule is Cc1cccc(-c2ccc(Cl)cc2N)c1. The summed E-state index contributed by atoms with van der Waals surface area (Å²) in [7, 11) is 0. The lowest BCUT2D eigenvalue weighted by atomic mass is 10.0. The molecule has 0 aromatic heterocycles. The van der Waals surface area contributed by atoms with Crippen LogP contribution < -0.4 is 5.73 Å². The molecule has 0 fully saturated rings. The molecule has 2 N–H and O–H groups in total. The van der Waals surface area contributed by atoms with Gasteiger partial charge in [0.1, 0.15) is 0 Å². The van der Waals surface area contributed by atoms with Crippen LogP contribution in [0.5, 0.6) is 0 Å². The van der Waals surface area contributed by atoms with Crippen molar-refractivity contribution in [2.45, 2.75) is 6.92 Å². The van der Waals surface area contributed by atoms with Crippen molar-refractivity contribution in [1.82, 2.24) is 0 Å². The van der Waals surface area contributed by atoms with Crippen molar-refractivity contribution >= 4 is 17.3 Å². The zero-order valence-electron chi connectivity index (χ0n) is 8.50. The third-order valence-corrected chi connectivity index (χ3v) is 2.58. The van der Waals surface area contributed by atoms with Crippen molar-refractivity contribution in [2.75, 3.05) is 5.73 Å². The summed E-state index contributed by atoms with van der Waals surface area (Å²) in [5.41, 5.74) is 10.0. The summed E-state index contributed by atoms with van der Waals surface area (Å²) >= 11 is 5.86. The summed E-state index contributed by atoms with van der Waals surface area (Å²) in [6, 6.07) is 13.8. The van der Waals surface area contributed by atoms with Crippen molar-refractivity contribution in [3.8, 4) is 11.1 Å². The maximum Gasteiger partial charge on any atom is 0.0426 e. The Kier molecular flexibility index (Phi) is 2.65. The van der Waals surface area contributed by atoms with Gasteiger partial charge in [-0.3, -0.25) is 0 Å². The first kappa shape index (κ1) is 10.1. The minimum absolute atomic E-state index is 0.670. The Bertz CT molecular complexity index is 492. The summed E-state index contributed by atoms with van der Waals surface area (Å²) in [5.74, 6) is 0. The fourth-order valence-corrected chi connectivity index (χ4v) is 1.79. The van der Waals surface area contributed by atoms with Crippen molar-refractivity contribution in [1.29, 1.82) is 0 Å². The minimum Gasteiger partial charge on any atom is -0.398 e. The molecule has 0 aliphatic heterocycles. The maximum absolute atomic E-state index is 5.92. The van der Waals surface area contributed by atoms with E-state index in [1.807, 2.05) is 24.3 Å². The Morgan fingerprint density at radius 2 is 1.87 bits per heavy atom. The zero-order valence-corrected chi connectivity index (χ0v) is 9.25. The van der Waals surface area contributed by atoms with E-state index < -0.39 is 0 Å². The summed E-state index contributed by atoms with van der Waals surface area (Å²) in [6.07, 6.45) is 0. The van der Waals surface area contributed by atoms with Crippen LogP contribution in [0, 0.1) is 6.92 Å². The Morgan fingerprint density at radius 3 is 2.53 bits per heavy atom. The van der Waals surface area contributed by atoms with Crippen molar-refractivity contribution < 1.29 is 0 Å². The van der Waals surface area contributed by atoms with Gasteiger partial charge in [-0.15, -0.1) is 0 Å². The van der Waals surface area contributed by atoms with Crippen molar-refractivity contribution in [3.63, 3.8) is 0 Å². The quantitative estimate of drug-likeness (QED) is 0.721. The van der Waals surface area contributed by atoms with Gasteiger partial charge in [-0.2, -0.15) is 0 Å². The van der Waals surface area contributed by atoms with Crippen LogP contribution in [0.2, 0.25) is 5.02 Å². The largest absolute Gasteiger partial charge is 0.398 e. The lowest BCUT2D eigenvalue weighted by Crippen LogP contribution is -1.89. The van der Waals surface area contributed by atoms with Crippen LogP contribution in [0.1, 0.15) is 5.56 Å². The van der Waals surface area contributed by atoms with E-state index in [0.29, 0.717) is 10.7 Å². The Labute approximate surface area is 94.5 Å². The molecule has 0 radical (unpaired) electrons. The standard InChI is InChI=1S/C13H12ClN/c1-9-3-2-4-10(7-9)12-6-5-11(14)8-13(12)15/h2-8H,15H2,1H3. The lowest BCUT2D eigenvalue weighted by molar-refractivity contribution is 1.47. The van der Waals surface area contributed by atoms with Gasteiger partial charge in [-0.1, -0.05) is 47.5 Å². The number of nitrogen functional groups attached to an aromatic ring is 1. The highest BCUT2D eigenvalue weighted by atomic mass is 35.5. The molecule has 0 aliphatic rings. The van der Waals surface area contributed by atoms with Crippen LogP contribution in [0.3, 0.4) is 0 Å². The molecule has 0 spiro atoms. The van der Waals surface area contributed by atoms with Crippen LogP contribution in [-0.4, -0.2) is 0 Å². The average Bonchev–Trinajstić information content (AvgIpc) is 2.17. The molecule has 0 saturated carbocycles. The van der Waals surface area contributed by atoms with E-state index in [-0.39, 0.29) is 0 Å². The second-order valence-corrected chi connectivity index (χ2v) is 4.04. The molecule has 0 unspecified atom stereocenters. The molecule has 2 aromatic rings. The van der Waals surface area contributed by atoms with Gasteiger partial charge in [0.05, 0.1) is 0 Å². The van der Waals surface area contributed by atoms with Crippen molar-refractivity contribution in [2.24, 2.45) is 0 Å². The predicted octanol–water partition coefficient (Wildman–Crippen LogP) is 3.90. The normalized spacial score (nSPS) is 10.3. The fraction of sp³-hybridized carbons (Fsp3) is 0.0769. The summed E-state index contributed by atoms with van der Waals surface area (Å²) in [5, 5.41) is 0.670. The van der Waals surface area contributed by atoms with E-state index in [9.17, 15) is 0 Å². The molecule has 0 heterocycles. The number of nitrogens with two attached hydrogens (primary N) is 1. The molecule has 0 atom stereocenters. The Morgan fingerprint density at radius 1 is 1.07 bits per heavy atom. The first-order chi connectivity index (χ1) is 7.16. The molecule has 0 bridgehead atoms. The van der Waals surface area contributed by atoms with Crippen LogP contribution in [0.4, 0.5) is 5.69 Å². The van der Waals surface area contributed by atoms with Gasteiger partial charge >= 0.3 is 0 Å². The van der Waals surface area contributed by atoms with Crippen LogP contribution >= 0.6 is 11.6 Å². The van der Waals surface area contributed by atoms with E-state index in [4.69, 9.17) is 17.3 Å². The van der Waals surface area contributed by atoms with E-state index in [1.54, 1.807) is 6.07 Å². The van der Waals surface area contributed by atoms with Gasteiger partial charge in [0, 0.05) is 16.3 Å². The van der Waals surface area contributed by atoms with Crippen LogP contribution in [0.25, 0.3) is 11.1 Å². The van der Waals surface area contributed by atoms with Crippen molar-refractivity contribution in [3.05, 3.63) is 53.1 Å². The number of hydrogen-bond acceptors (Lipinski definition) is 1. The van der Waals surface area contributed by atoms with Crippen LogP contribution in [0.15, 0.2) is 42.5 Å². The maximum atomic E-state index is 5.92. The average molecular weight is 218 g/mol. The molecule has 0 aliphatic carbocycles. The zero-order chi connectivity index (χ0) is 10.8. The topological polar surface area (TPSA) is 26.0 Å². The van der Waals surface area contributed by atoms with Gasteiger partial charge in [-0.05, 0) is 24.6 Å². The molecule has 2 aromatic carbocycles. The van der Waals surface area contributed by atoms with Gasteiger partial charge < -0.3 is 5.73 Å². The highest BCUT2D eigenvalue weighted by molar-refractivity contribution is 6.31. The second kappa shape index (κ2) is 3.95. The monoisotopic (exact) mass is 217 g/mol. The van der Waals surface area contributed by atoms with E-state index in [0.717, 1.165) is 11.1 Å². The molecule has 2 rings (SSSR count). The molecule has 0 amide bonds. The smallest absolute Gasteiger partial charge is 0.0426 e. The lowest BCUT2D eigenvalue weighted by Gasteiger charge is -2.06. The predicted molar refractivity (Wildman–Crippen MR) is 66.0 cm³/mol. The number of anilines is 1. The summed E-state index contributed by atoms with van der Waals surface area (Å²) in [6.45, 7) is 2.07. The number of hydrogen-bond donors (Lipinski definition) is 1. The second-order valence-electron chi connectivity index (χ2n) is 3.60. The molecule has 15 heavy (non-hydrogen) atoms. The molecule has 2 heteroatoms. The third-order valence-electron chi connectivity index (χ3n) is 2.34. The van der Waals surface area contributed by atoms with E-state index in [1.165, 1.54) is 5.56 Å². The molecule has 0 saturated heterocycles. The Balaban J connectivity index is 2.54. The molecule has 1 nitrogen and oxygen atoms in total. The van der Waals surface area contributed by atoms with Gasteiger partial charge in [-0.25, -0.2) is 0 Å². The highest BCUT2D eigenvalue weighted by Crippen LogP contribution is 2.28. The molecular weight excluding hydrogens is 206 g/mol. The molecular formula is C13H12ClN. The number of rotatable bonds is 1. The van der Waals surface area contributed by atoms with E-state index >= 15 is 0 Å². The summed E-state index contributed by atoms with van der Waals surface area (Å²) in [4.78, 5) is 0. The number of halogens is 1. The first-order valence-electron chi connectivity index (χ1n) is 4.79. The molecule has 76 valence electrons. The highest BCUT2D eigenvalue weighted by Gasteiger charge is 2.02. The minimum atomic E-state index is 0.670. The number of benzene rings is 2. The summed E-state index contributed by atoms with van der Waals surface area (Å²) < 4.78 is 0. The first-order valence-corrected chi connectivity index (χ1v) is 5.17. The van der Waals surface area contributed by atoms with Crippen LogP contribution in [-0.2, 0) is 0 Å². The van der Waals surface area contributed by atoms with Gasteiger partial charge in [0.25, 0.3) is 0 Å². The fourth-order valence-electron chi connectivity index (χ4n) is 1.61.